The number of hydrogen-bond donors (Lipinski definition) is 3. The van der Waals surface area contributed by atoms with Gasteiger partial charge in [0.15, 0.2) is 0 Å². The van der Waals surface area contributed by atoms with Crippen LogP contribution in [0.5, 0.6) is 5.75 Å². The quantitative estimate of drug-likeness (QED) is 0.539. The minimum Gasteiger partial charge on any atom is -0.444 e. The lowest BCUT2D eigenvalue weighted by Gasteiger charge is -2.32. The third-order valence-electron chi connectivity index (χ3n) is 4.00. The van der Waals surface area contributed by atoms with Gasteiger partial charge in [0.1, 0.15) is 23.6 Å². The number of ether oxygens (including phenoxy) is 2. The molecule has 0 unspecified atom stereocenters. The Kier molecular flexibility index (Phi) is 5.90. The zero-order chi connectivity index (χ0) is 19.6. The molecular formula is C18H25NO7. The summed E-state index contributed by atoms with van der Waals surface area (Å²) in [4.78, 5) is 24.8. The first-order valence-corrected chi connectivity index (χ1v) is 8.32. The Balaban J connectivity index is 2.35. The Bertz CT molecular complexity index is 652. The molecule has 1 saturated heterocycles. The molecule has 1 aromatic rings. The normalized spacial score (nSPS) is 25.9. The number of rotatable bonds is 3. The van der Waals surface area contributed by atoms with Crippen LogP contribution in [0.3, 0.4) is 0 Å². The molecule has 0 bridgehead atoms. The molecule has 8 nitrogen and oxygen atoms in total. The van der Waals surface area contributed by atoms with Gasteiger partial charge < -0.3 is 24.8 Å². The molecule has 0 radical (unpaired) electrons. The van der Waals surface area contributed by atoms with Gasteiger partial charge in [-0.05, 0) is 38.5 Å². The van der Waals surface area contributed by atoms with E-state index in [1.165, 1.54) is 19.1 Å². The molecule has 1 fully saturated rings. The topological polar surface area (TPSA) is 117 Å². The summed E-state index contributed by atoms with van der Waals surface area (Å²) in [5.41, 5.74) is -0.270. The Hall–Kier alpha value is -2.16. The van der Waals surface area contributed by atoms with Crippen molar-refractivity contribution in [1.82, 2.24) is 4.90 Å². The van der Waals surface area contributed by atoms with Crippen LogP contribution in [0.4, 0.5) is 4.79 Å². The van der Waals surface area contributed by atoms with Gasteiger partial charge in [0.25, 0.3) is 0 Å². The van der Waals surface area contributed by atoms with Gasteiger partial charge in [-0.1, -0.05) is 12.1 Å². The second-order valence-corrected chi connectivity index (χ2v) is 7.23. The Morgan fingerprint density at radius 3 is 2.15 bits per heavy atom. The number of aliphatic hydroxyl groups is 3. The number of aliphatic hydroxyl groups excluding tert-OH is 3. The summed E-state index contributed by atoms with van der Waals surface area (Å²) in [6, 6.07) is 4.29. The highest BCUT2D eigenvalue weighted by Gasteiger charge is 2.51. The Morgan fingerprint density at radius 2 is 1.69 bits per heavy atom. The molecule has 144 valence electrons. The average Bonchev–Trinajstić information content (AvgIpc) is 2.77. The second kappa shape index (κ2) is 7.61. The van der Waals surface area contributed by atoms with Gasteiger partial charge in [-0.15, -0.1) is 0 Å². The lowest BCUT2D eigenvalue weighted by atomic mass is 10.0. The number of benzene rings is 1. The van der Waals surface area contributed by atoms with Gasteiger partial charge in [-0.2, -0.15) is 0 Å². The van der Waals surface area contributed by atoms with Gasteiger partial charge in [0.05, 0.1) is 18.7 Å². The third kappa shape index (κ3) is 4.32. The Labute approximate surface area is 151 Å². The van der Waals surface area contributed by atoms with Crippen molar-refractivity contribution < 1.29 is 34.4 Å². The number of hydrogen-bond acceptors (Lipinski definition) is 7. The first kappa shape index (κ1) is 20.2. The SMILES string of the molecule is CC(=O)Oc1ccc([C@@H]2[C@@H](O)[C@H](O)[C@@H](CO)N2C(=O)OC(C)(C)C)cc1. The lowest BCUT2D eigenvalue weighted by Crippen LogP contribution is -2.45. The molecule has 3 N–H and O–H groups in total. The number of amides is 1. The minimum atomic E-state index is -1.33. The molecule has 8 heteroatoms. The maximum Gasteiger partial charge on any atom is 0.411 e. The third-order valence-corrected chi connectivity index (χ3v) is 4.00. The fraction of sp³-hybridized carbons (Fsp3) is 0.556. The maximum atomic E-state index is 12.6. The fourth-order valence-corrected chi connectivity index (χ4v) is 2.97. The van der Waals surface area contributed by atoms with Crippen molar-refractivity contribution >= 4 is 12.1 Å². The molecule has 0 aliphatic carbocycles. The first-order valence-electron chi connectivity index (χ1n) is 8.32. The molecule has 1 amide bonds. The van der Waals surface area contributed by atoms with E-state index in [0.717, 1.165) is 4.90 Å². The fourth-order valence-electron chi connectivity index (χ4n) is 2.97. The van der Waals surface area contributed by atoms with Crippen molar-refractivity contribution in [1.29, 1.82) is 0 Å². The van der Waals surface area contributed by atoms with Crippen LogP contribution in [-0.4, -0.2) is 62.7 Å². The highest BCUT2D eigenvalue weighted by Crippen LogP contribution is 2.38. The van der Waals surface area contributed by atoms with Gasteiger partial charge in [-0.3, -0.25) is 9.69 Å². The average molecular weight is 367 g/mol. The lowest BCUT2D eigenvalue weighted by molar-refractivity contribution is -0.131. The van der Waals surface area contributed by atoms with E-state index < -0.39 is 48.6 Å². The zero-order valence-corrected chi connectivity index (χ0v) is 15.2. The van der Waals surface area contributed by atoms with Crippen LogP contribution in [-0.2, 0) is 9.53 Å². The van der Waals surface area contributed by atoms with E-state index in [1.807, 2.05) is 0 Å². The van der Waals surface area contributed by atoms with E-state index in [1.54, 1.807) is 32.9 Å². The summed E-state index contributed by atoms with van der Waals surface area (Å²) in [5.74, 6) is -0.151. The van der Waals surface area contributed by atoms with Crippen LogP contribution >= 0.6 is 0 Å². The van der Waals surface area contributed by atoms with Crippen LogP contribution in [0.1, 0.15) is 39.3 Å². The molecule has 4 atom stereocenters. The van der Waals surface area contributed by atoms with Crippen molar-refractivity contribution in [3.05, 3.63) is 29.8 Å². The van der Waals surface area contributed by atoms with E-state index in [0.29, 0.717) is 11.3 Å². The van der Waals surface area contributed by atoms with Crippen LogP contribution < -0.4 is 4.74 Å². The van der Waals surface area contributed by atoms with Crippen molar-refractivity contribution in [2.75, 3.05) is 6.61 Å². The van der Waals surface area contributed by atoms with Crippen molar-refractivity contribution in [2.45, 2.75) is 57.6 Å². The van der Waals surface area contributed by atoms with Crippen molar-refractivity contribution in [3.63, 3.8) is 0 Å². The van der Waals surface area contributed by atoms with Crippen molar-refractivity contribution in [2.24, 2.45) is 0 Å². The molecule has 1 aromatic carbocycles. The summed E-state index contributed by atoms with van der Waals surface area (Å²) in [6.07, 6.45) is -3.38. The highest BCUT2D eigenvalue weighted by atomic mass is 16.6. The molecule has 1 aliphatic heterocycles. The summed E-state index contributed by atoms with van der Waals surface area (Å²) in [6.45, 7) is 5.85. The van der Waals surface area contributed by atoms with E-state index in [-0.39, 0.29) is 0 Å². The number of esters is 1. The molecule has 1 heterocycles. The number of likely N-dealkylation sites (tertiary alicyclic amines) is 1. The molecular weight excluding hydrogens is 342 g/mol. The van der Waals surface area contributed by atoms with Crippen LogP contribution in [0.15, 0.2) is 24.3 Å². The summed E-state index contributed by atoms with van der Waals surface area (Å²) < 4.78 is 10.3. The standard InChI is InChI=1S/C18H25NO7/c1-10(21)25-12-7-5-11(6-8-12)14-16(23)15(22)13(9-20)19(14)17(24)26-18(2,3)4/h5-8,13-16,20,22-23H,9H2,1-4H3/t13-,14-,15-,16-/m1/s1. The maximum absolute atomic E-state index is 12.6. The number of carbonyl (C=O) groups is 2. The minimum absolute atomic E-state index is 0.316. The largest absolute Gasteiger partial charge is 0.444 e. The molecule has 2 rings (SSSR count). The number of nitrogens with zero attached hydrogens (tertiary/aromatic N) is 1. The first-order chi connectivity index (χ1) is 12.0. The summed E-state index contributed by atoms with van der Waals surface area (Å²) in [7, 11) is 0. The van der Waals surface area contributed by atoms with Crippen molar-refractivity contribution in [3.8, 4) is 5.75 Å². The Morgan fingerprint density at radius 1 is 1.12 bits per heavy atom. The smallest absolute Gasteiger partial charge is 0.411 e. The van der Waals surface area contributed by atoms with Gasteiger partial charge in [-0.25, -0.2) is 4.79 Å². The zero-order valence-electron chi connectivity index (χ0n) is 15.2. The monoisotopic (exact) mass is 367 g/mol. The van der Waals surface area contributed by atoms with Gasteiger partial charge in [0.2, 0.25) is 0 Å². The molecule has 0 spiro atoms. The summed E-state index contributed by atoms with van der Waals surface area (Å²) >= 11 is 0. The van der Waals surface area contributed by atoms with Crippen LogP contribution in [0, 0.1) is 0 Å². The predicted molar refractivity (Wildman–Crippen MR) is 91.5 cm³/mol. The van der Waals surface area contributed by atoms with Gasteiger partial charge >= 0.3 is 12.1 Å². The number of carbonyl (C=O) groups excluding carboxylic acids is 2. The van der Waals surface area contributed by atoms with E-state index in [9.17, 15) is 24.9 Å². The highest BCUT2D eigenvalue weighted by molar-refractivity contribution is 5.71. The van der Waals surface area contributed by atoms with E-state index in [4.69, 9.17) is 9.47 Å². The predicted octanol–water partition coefficient (Wildman–Crippen LogP) is 0.986. The molecule has 26 heavy (non-hydrogen) atoms. The van der Waals surface area contributed by atoms with E-state index >= 15 is 0 Å². The molecule has 1 aliphatic rings. The molecule has 0 aromatic heterocycles. The molecule has 0 saturated carbocycles. The van der Waals surface area contributed by atoms with E-state index in [2.05, 4.69) is 0 Å². The van der Waals surface area contributed by atoms with Gasteiger partial charge in [0, 0.05) is 6.92 Å². The second-order valence-electron chi connectivity index (χ2n) is 7.23. The van der Waals surface area contributed by atoms with Crippen LogP contribution in [0.25, 0.3) is 0 Å². The van der Waals surface area contributed by atoms with Crippen LogP contribution in [0.2, 0.25) is 0 Å². The summed E-state index contributed by atoms with van der Waals surface area (Å²) in [5, 5.41) is 30.3.